The van der Waals surface area contributed by atoms with E-state index in [1.165, 1.54) is 0 Å². The van der Waals surface area contributed by atoms with Gasteiger partial charge in [0.05, 0.1) is 4.90 Å². The van der Waals surface area contributed by atoms with E-state index >= 15 is 0 Å². The zero-order valence-corrected chi connectivity index (χ0v) is 12.1. The van der Waals surface area contributed by atoms with Gasteiger partial charge >= 0.3 is 0 Å². The molecule has 4 nitrogen and oxygen atoms in total. The second-order valence-electron chi connectivity index (χ2n) is 4.15. The Morgan fingerprint density at radius 2 is 1.79 bits per heavy atom. The van der Waals surface area contributed by atoms with Gasteiger partial charge in [0.15, 0.2) is 0 Å². The van der Waals surface area contributed by atoms with Gasteiger partial charge in [0.25, 0.3) is 0 Å². The summed E-state index contributed by atoms with van der Waals surface area (Å²) < 4.78 is 37.9. The number of fused-ring (bicyclic) bond motifs is 1. The molecule has 1 N–H and O–H groups in total. The first-order valence-electron chi connectivity index (χ1n) is 5.78. The van der Waals surface area contributed by atoms with Gasteiger partial charge in [-0.3, -0.25) is 4.21 Å². The van der Waals surface area contributed by atoms with E-state index in [9.17, 15) is 12.6 Å². The van der Waals surface area contributed by atoms with Crippen molar-refractivity contribution in [3.05, 3.63) is 42.5 Å². The number of sulfonamides is 1. The average Bonchev–Trinajstić information content (AvgIpc) is 2.37. The minimum Gasteiger partial charge on any atom is -0.260 e. The van der Waals surface area contributed by atoms with Gasteiger partial charge in [0.2, 0.25) is 10.0 Å². The van der Waals surface area contributed by atoms with Gasteiger partial charge in [0.1, 0.15) is 0 Å². The number of rotatable bonds is 5. The average molecular weight is 297 g/mol. The van der Waals surface area contributed by atoms with Crippen molar-refractivity contribution in [2.45, 2.75) is 4.90 Å². The molecule has 0 aliphatic carbocycles. The molecule has 0 fully saturated rings. The second kappa shape index (κ2) is 5.81. The molecular formula is C13H15NO3S2. The van der Waals surface area contributed by atoms with Crippen LogP contribution in [0.5, 0.6) is 0 Å². The molecule has 0 radical (unpaired) electrons. The Bertz CT molecular complexity index is 705. The standard InChI is InChI=1S/C13H15NO3S2/c1-18(15)10-9-14-19(16,17)13-8-4-6-11-5-2-3-7-12(11)13/h2-8,14H,9-10H2,1H3/t18-/m0/s1. The summed E-state index contributed by atoms with van der Waals surface area (Å²) in [6, 6.07) is 12.5. The molecule has 0 saturated heterocycles. The lowest BCUT2D eigenvalue weighted by Crippen LogP contribution is -2.27. The van der Waals surface area contributed by atoms with Crippen LogP contribution in [0.15, 0.2) is 47.4 Å². The van der Waals surface area contributed by atoms with Gasteiger partial charge in [0, 0.05) is 34.7 Å². The lowest BCUT2D eigenvalue weighted by molar-refractivity contribution is 0.585. The molecule has 0 aromatic heterocycles. The lowest BCUT2D eigenvalue weighted by Gasteiger charge is -2.09. The van der Waals surface area contributed by atoms with Crippen LogP contribution in [-0.2, 0) is 20.8 Å². The number of nitrogens with one attached hydrogen (secondary N) is 1. The molecule has 0 saturated carbocycles. The van der Waals surface area contributed by atoms with E-state index in [4.69, 9.17) is 0 Å². The molecule has 0 unspecified atom stereocenters. The summed E-state index contributed by atoms with van der Waals surface area (Å²) in [6.07, 6.45) is 1.55. The summed E-state index contributed by atoms with van der Waals surface area (Å²) >= 11 is 0. The maximum Gasteiger partial charge on any atom is 0.241 e. The van der Waals surface area contributed by atoms with Gasteiger partial charge in [-0.15, -0.1) is 0 Å². The van der Waals surface area contributed by atoms with E-state index in [1.807, 2.05) is 24.3 Å². The van der Waals surface area contributed by atoms with Crippen molar-refractivity contribution < 1.29 is 12.6 Å². The summed E-state index contributed by atoms with van der Waals surface area (Å²) in [5, 5.41) is 1.57. The Kier molecular flexibility index (Phi) is 4.34. The number of benzene rings is 2. The predicted octanol–water partition coefficient (Wildman–Crippen LogP) is 1.50. The smallest absolute Gasteiger partial charge is 0.241 e. The third kappa shape index (κ3) is 3.40. The first-order chi connectivity index (χ1) is 9.00. The van der Waals surface area contributed by atoms with Crippen LogP contribution in [0.1, 0.15) is 0 Å². The SMILES string of the molecule is C[S@](=O)CCNS(=O)(=O)c1cccc2ccccc12. The highest BCUT2D eigenvalue weighted by Gasteiger charge is 2.16. The zero-order chi connectivity index (χ0) is 13.9. The summed E-state index contributed by atoms with van der Waals surface area (Å²) in [6.45, 7) is 0.175. The van der Waals surface area contributed by atoms with Crippen LogP contribution in [0.4, 0.5) is 0 Å². The molecule has 0 aliphatic rings. The molecule has 2 rings (SSSR count). The van der Waals surface area contributed by atoms with Gasteiger partial charge in [-0.2, -0.15) is 0 Å². The second-order valence-corrected chi connectivity index (χ2v) is 7.44. The van der Waals surface area contributed by atoms with Crippen molar-refractivity contribution in [2.24, 2.45) is 0 Å². The maximum atomic E-state index is 12.2. The highest BCUT2D eigenvalue weighted by molar-refractivity contribution is 7.89. The summed E-state index contributed by atoms with van der Waals surface area (Å²) in [5.41, 5.74) is 0. The summed E-state index contributed by atoms with van der Waals surface area (Å²) in [5.74, 6) is 0.310. The highest BCUT2D eigenvalue weighted by Crippen LogP contribution is 2.22. The fourth-order valence-electron chi connectivity index (χ4n) is 1.83. The Hall–Kier alpha value is -1.24. The van der Waals surface area contributed by atoms with Gasteiger partial charge in [-0.05, 0) is 11.5 Å². The molecule has 0 aliphatic heterocycles. The van der Waals surface area contributed by atoms with Crippen molar-refractivity contribution in [3.8, 4) is 0 Å². The molecule has 2 aromatic rings. The normalized spacial score (nSPS) is 13.5. The Morgan fingerprint density at radius 3 is 2.53 bits per heavy atom. The molecule has 19 heavy (non-hydrogen) atoms. The largest absolute Gasteiger partial charge is 0.260 e. The van der Waals surface area contributed by atoms with Crippen LogP contribution in [0.3, 0.4) is 0 Å². The monoisotopic (exact) mass is 297 g/mol. The Labute approximate surface area is 115 Å². The first-order valence-corrected chi connectivity index (χ1v) is 8.99. The zero-order valence-electron chi connectivity index (χ0n) is 10.5. The van der Waals surface area contributed by atoms with Crippen molar-refractivity contribution in [3.63, 3.8) is 0 Å². The van der Waals surface area contributed by atoms with Crippen molar-refractivity contribution in [2.75, 3.05) is 18.6 Å². The van der Waals surface area contributed by atoms with Gasteiger partial charge in [-0.25, -0.2) is 13.1 Å². The molecule has 6 heteroatoms. The van der Waals surface area contributed by atoms with E-state index in [0.717, 1.165) is 5.39 Å². The summed E-state index contributed by atoms with van der Waals surface area (Å²) in [4.78, 5) is 0.257. The van der Waals surface area contributed by atoms with Crippen LogP contribution in [0.25, 0.3) is 10.8 Å². The molecule has 2 aromatic carbocycles. The van der Waals surface area contributed by atoms with Crippen LogP contribution in [0.2, 0.25) is 0 Å². The molecule has 0 bridgehead atoms. The maximum absolute atomic E-state index is 12.2. The molecule has 0 amide bonds. The molecule has 0 heterocycles. The molecule has 102 valence electrons. The van der Waals surface area contributed by atoms with Crippen LogP contribution < -0.4 is 4.72 Å². The van der Waals surface area contributed by atoms with Crippen LogP contribution in [-0.4, -0.2) is 31.2 Å². The predicted molar refractivity (Wildman–Crippen MR) is 78.1 cm³/mol. The fraction of sp³-hybridized carbons (Fsp3) is 0.231. The molecular weight excluding hydrogens is 282 g/mol. The van der Waals surface area contributed by atoms with E-state index in [0.29, 0.717) is 11.1 Å². The number of hydrogen-bond donors (Lipinski definition) is 1. The van der Waals surface area contributed by atoms with E-state index in [1.54, 1.807) is 24.5 Å². The number of hydrogen-bond acceptors (Lipinski definition) is 3. The Morgan fingerprint density at radius 1 is 1.11 bits per heavy atom. The minimum absolute atomic E-state index is 0.175. The van der Waals surface area contributed by atoms with Crippen molar-refractivity contribution in [1.82, 2.24) is 4.72 Å². The summed E-state index contributed by atoms with van der Waals surface area (Å²) in [7, 11) is -4.58. The lowest BCUT2D eigenvalue weighted by atomic mass is 10.1. The van der Waals surface area contributed by atoms with E-state index in [2.05, 4.69) is 4.72 Å². The third-order valence-electron chi connectivity index (χ3n) is 2.72. The first kappa shape index (κ1) is 14.2. The minimum atomic E-state index is -3.57. The van der Waals surface area contributed by atoms with Crippen LogP contribution >= 0.6 is 0 Å². The molecule has 1 atom stereocenters. The topological polar surface area (TPSA) is 63.2 Å². The van der Waals surface area contributed by atoms with Crippen molar-refractivity contribution >= 4 is 31.6 Å². The Balaban J connectivity index is 2.35. The van der Waals surface area contributed by atoms with Gasteiger partial charge < -0.3 is 0 Å². The molecule has 0 spiro atoms. The highest BCUT2D eigenvalue weighted by atomic mass is 32.2. The van der Waals surface area contributed by atoms with Crippen molar-refractivity contribution in [1.29, 1.82) is 0 Å². The fourth-order valence-corrected chi connectivity index (χ4v) is 3.61. The quantitative estimate of drug-likeness (QED) is 0.909. The van der Waals surface area contributed by atoms with Gasteiger partial charge in [-0.1, -0.05) is 36.4 Å². The van der Waals surface area contributed by atoms with Crippen LogP contribution in [0, 0.1) is 0 Å². The third-order valence-corrected chi connectivity index (χ3v) is 5.02. The van der Waals surface area contributed by atoms with E-state index in [-0.39, 0.29) is 11.4 Å². The van der Waals surface area contributed by atoms with E-state index < -0.39 is 20.8 Å².